The summed E-state index contributed by atoms with van der Waals surface area (Å²) in [5.74, 6) is -0.165. The van der Waals surface area contributed by atoms with E-state index in [-0.39, 0.29) is 21.2 Å². The molecule has 214 valence electrons. The summed E-state index contributed by atoms with van der Waals surface area (Å²) in [4.78, 5) is 28.7. The zero-order chi connectivity index (χ0) is 29.2. The van der Waals surface area contributed by atoms with Crippen molar-refractivity contribution in [3.63, 3.8) is 0 Å². The molecule has 1 amide bonds. The van der Waals surface area contributed by atoms with Crippen LogP contribution in [0.25, 0.3) is 17.3 Å². The number of aromatic nitrogens is 1. The molecule has 40 heavy (non-hydrogen) atoms. The van der Waals surface area contributed by atoms with Crippen molar-refractivity contribution >= 4 is 57.6 Å². The smallest absolute Gasteiger partial charge is 0.331 e. The van der Waals surface area contributed by atoms with Gasteiger partial charge in [-0.15, -0.1) is 11.3 Å². The van der Waals surface area contributed by atoms with Crippen molar-refractivity contribution < 1.29 is 24.2 Å². The maximum atomic E-state index is 12.9. The van der Waals surface area contributed by atoms with Gasteiger partial charge in [-0.25, -0.2) is 9.78 Å². The second-order valence-electron chi connectivity index (χ2n) is 9.34. The SMILES string of the molecule is CCC(CC)COCCCc1cccc(-c2csc(NC(=O)c3cc(Cl)c(/C=C(\C)C(=O)O)c(Cl)c3)n2)c1OC. The van der Waals surface area contributed by atoms with Gasteiger partial charge in [0.1, 0.15) is 5.75 Å². The molecule has 0 aliphatic carbocycles. The van der Waals surface area contributed by atoms with E-state index < -0.39 is 11.9 Å². The summed E-state index contributed by atoms with van der Waals surface area (Å²) < 4.78 is 11.6. The number of halogens is 2. The van der Waals surface area contributed by atoms with Crippen LogP contribution in [0.4, 0.5) is 5.13 Å². The number of anilines is 1. The highest BCUT2D eigenvalue weighted by Gasteiger charge is 2.17. The summed E-state index contributed by atoms with van der Waals surface area (Å²) in [5, 5.41) is 14.5. The monoisotopic (exact) mass is 604 g/mol. The van der Waals surface area contributed by atoms with Gasteiger partial charge in [0.2, 0.25) is 0 Å². The van der Waals surface area contributed by atoms with Crippen molar-refractivity contribution in [1.29, 1.82) is 0 Å². The summed E-state index contributed by atoms with van der Waals surface area (Å²) in [6, 6.07) is 8.85. The predicted octanol–water partition coefficient (Wildman–Crippen LogP) is 8.25. The number of ether oxygens (including phenoxy) is 2. The highest BCUT2D eigenvalue weighted by atomic mass is 35.5. The number of aryl methyl sites for hydroxylation is 1. The second-order valence-corrected chi connectivity index (χ2v) is 11.0. The van der Waals surface area contributed by atoms with Gasteiger partial charge in [-0.2, -0.15) is 0 Å². The number of carboxylic acids is 1. The molecule has 7 nitrogen and oxygen atoms in total. The number of methoxy groups -OCH3 is 1. The summed E-state index contributed by atoms with van der Waals surface area (Å²) in [6.45, 7) is 7.31. The van der Waals surface area contributed by atoms with E-state index in [4.69, 9.17) is 37.8 Å². The first-order valence-electron chi connectivity index (χ1n) is 13.1. The van der Waals surface area contributed by atoms with Gasteiger partial charge in [0.15, 0.2) is 5.13 Å². The number of nitrogens with zero attached hydrogens (tertiary/aromatic N) is 1. The van der Waals surface area contributed by atoms with Crippen LogP contribution < -0.4 is 10.1 Å². The first-order chi connectivity index (χ1) is 19.2. The van der Waals surface area contributed by atoms with E-state index >= 15 is 0 Å². The van der Waals surface area contributed by atoms with Gasteiger partial charge in [-0.1, -0.05) is 62.0 Å². The molecule has 1 heterocycles. The van der Waals surface area contributed by atoms with Gasteiger partial charge in [0.25, 0.3) is 5.91 Å². The Bertz CT molecular complexity index is 1340. The Kier molecular flexibility index (Phi) is 12.0. The van der Waals surface area contributed by atoms with Gasteiger partial charge >= 0.3 is 5.97 Å². The van der Waals surface area contributed by atoms with Gasteiger partial charge in [0.05, 0.1) is 22.8 Å². The van der Waals surface area contributed by atoms with Crippen molar-refractivity contribution in [3.05, 3.63) is 68.0 Å². The third kappa shape index (κ3) is 8.30. The molecule has 1 aromatic heterocycles. The zero-order valence-electron chi connectivity index (χ0n) is 23.1. The van der Waals surface area contributed by atoms with Gasteiger partial charge in [-0.05, 0) is 55.5 Å². The number of benzene rings is 2. The molecule has 0 unspecified atom stereocenters. The van der Waals surface area contributed by atoms with Crippen LogP contribution in [0, 0.1) is 5.92 Å². The molecule has 0 saturated carbocycles. The highest BCUT2D eigenvalue weighted by molar-refractivity contribution is 7.14. The summed E-state index contributed by atoms with van der Waals surface area (Å²) in [5.41, 5.74) is 3.22. The molecule has 2 N–H and O–H groups in total. The van der Waals surface area contributed by atoms with Gasteiger partial charge < -0.3 is 14.6 Å². The predicted molar refractivity (Wildman–Crippen MR) is 163 cm³/mol. The fraction of sp³-hybridized carbons (Fsp3) is 0.367. The van der Waals surface area contributed by atoms with Gasteiger partial charge in [0, 0.05) is 40.9 Å². The fourth-order valence-corrected chi connectivity index (χ4v) is 5.42. The maximum Gasteiger partial charge on any atom is 0.331 e. The number of carboxylic acid groups (broad SMARTS) is 1. The van der Waals surface area contributed by atoms with E-state index in [2.05, 4.69) is 24.1 Å². The van der Waals surface area contributed by atoms with Crippen LogP contribution in [0.15, 0.2) is 41.3 Å². The van der Waals surface area contributed by atoms with E-state index in [1.807, 2.05) is 23.6 Å². The van der Waals surface area contributed by atoms with E-state index in [0.717, 1.165) is 49.2 Å². The molecule has 3 rings (SSSR count). The lowest BCUT2D eigenvalue weighted by Gasteiger charge is -2.14. The Labute approximate surface area is 249 Å². The Balaban J connectivity index is 1.70. The molecule has 0 bridgehead atoms. The lowest BCUT2D eigenvalue weighted by Crippen LogP contribution is -2.12. The fourth-order valence-electron chi connectivity index (χ4n) is 4.12. The Hall–Kier alpha value is -2.91. The van der Waals surface area contributed by atoms with Crippen molar-refractivity contribution in [2.75, 3.05) is 25.6 Å². The van der Waals surface area contributed by atoms with Crippen molar-refractivity contribution in [3.8, 4) is 17.0 Å². The quantitative estimate of drug-likeness (QED) is 0.142. The minimum absolute atomic E-state index is 0.0706. The molecule has 0 saturated heterocycles. The minimum Gasteiger partial charge on any atom is -0.496 e. The van der Waals surface area contributed by atoms with E-state index in [9.17, 15) is 9.59 Å². The van der Waals surface area contributed by atoms with Gasteiger partial charge in [-0.3, -0.25) is 10.1 Å². The number of nitrogens with one attached hydrogen (secondary N) is 1. The van der Waals surface area contributed by atoms with Crippen LogP contribution in [0.2, 0.25) is 10.0 Å². The van der Waals surface area contributed by atoms with Crippen LogP contribution in [0.3, 0.4) is 0 Å². The third-order valence-electron chi connectivity index (χ3n) is 6.58. The number of rotatable bonds is 14. The molecule has 0 atom stereocenters. The molecule has 0 radical (unpaired) electrons. The topological polar surface area (TPSA) is 97.8 Å². The first kappa shape index (κ1) is 31.6. The highest BCUT2D eigenvalue weighted by Crippen LogP contribution is 2.36. The maximum absolute atomic E-state index is 12.9. The zero-order valence-corrected chi connectivity index (χ0v) is 25.4. The van der Waals surface area contributed by atoms with E-state index in [1.165, 1.54) is 36.5 Å². The van der Waals surface area contributed by atoms with Crippen molar-refractivity contribution in [2.24, 2.45) is 5.92 Å². The molecule has 10 heteroatoms. The molecular weight excluding hydrogens is 571 g/mol. The Morgan fingerprint density at radius 3 is 2.50 bits per heavy atom. The number of aliphatic carboxylic acids is 1. The largest absolute Gasteiger partial charge is 0.496 e. The summed E-state index contributed by atoms with van der Waals surface area (Å²) in [7, 11) is 1.64. The van der Waals surface area contributed by atoms with Crippen LogP contribution in [0.5, 0.6) is 5.75 Å². The summed E-state index contributed by atoms with van der Waals surface area (Å²) in [6.07, 6.45) is 5.31. The lowest BCUT2D eigenvalue weighted by atomic mass is 10.0. The molecule has 0 aliphatic rings. The van der Waals surface area contributed by atoms with Crippen LogP contribution in [-0.2, 0) is 16.0 Å². The third-order valence-corrected chi connectivity index (χ3v) is 7.97. The van der Waals surface area contributed by atoms with Crippen LogP contribution >= 0.6 is 34.5 Å². The number of thiazole rings is 1. The number of amides is 1. The molecule has 3 aromatic rings. The Morgan fingerprint density at radius 2 is 1.88 bits per heavy atom. The van der Waals surface area contributed by atoms with E-state index in [1.54, 1.807) is 7.11 Å². The molecule has 0 aliphatic heterocycles. The number of hydrogen-bond acceptors (Lipinski definition) is 6. The molecular formula is C30H34Cl2N2O5S. The average molecular weight is 606 g/mol. The van der Waals surface area contributed by atoms with Crippen molar-refractivity contribution in [1.82, 2.24) is 4.98 Å². The van der Waals surface area contributed by atoms with E-state index in [0.29, 0.717) is 28.9 Å². The average Bonchev–Trinajstić information content (AvgIpc) is 3.40. The number of carbonyl (C=O) groups is 2. The van der Waals surface area contributed by atoms with Crippen LogP contribution in [-0.4, -0.2) is 42.3 Å². The molecule has 2 aromatic carbocycles. The lowest BCUT2D eigenvalue weighted by molar-refractivity contribution is -0.132. The Morgan fingerprint density at radius 1 is 1.18 bits per heavy atom. The normalized spacial score (nSPS) is 11.6. The number of hydrogen-bond donors (Lipinski definition) is 2. The number of carbonyl (C=O) groups excluding carboxylic acids is 1. The summed E-state index contributed by atoms with van der Waals surface area (Å²) >= 11 is 13.9. The standard InChI is InChI=1S/C30H34Cl2N2O5S/c1-5-19(6-2)16-39-12-8-10-20-9-7-11-22(27(20)38-4)26-17-40-30(33-26)34-28(35)21-14-24(31)23(25(32)15-21)13-18(3)29(36)37/h7,9,11,13-15,17,19H,5-6,8,10,12,16H2,1-4H3,(H,36,37)(H,33,34,35)/b18-13+. The second kappa shape index (κ2) is 15.2. The molecule has 0 fully saturated rings. The van der Waals surface area contributed by atoms with Crippen LogP contribution in [0.1, 0.15) is 61.5 Å². The first-order valence-corrected chi connectivity index (χ1v) is 14.7. The minimum atomic E-state index is -1.09. The molecule has 0 spiro atoms. The van der Waals surface area contributed by atoms with Crippen molar-refractivity contribution in [2.45, 2.75) is 46.5 Å². The number of para-hydroxylation sites is 1.